The molecule has 2 aliphatic rings. The Morgan fingerprint density at radius 1 is 1.27 bits per heavy atom. The Morgan fingerprint density at radius 3 is 2.68 bits per heavy atom. The number of aliphatic imine (C=N–C) groups is 1. The minimum atomic E-state index is -1.27. The van der Waals surface area contributed by atoms with Gasteiger partial charge in [0, 0.05) is 33.2 Å². The first-order valence-electron chi connectivity index (χ1n) is 13.0. The van der Waals surface area contributed by atoms with E-state index in [9.17, 15) is 14.0 Å². The third kappa shape index (κ3) is 7.22. The molecule has 41 heavy (non-hydrogen) atoms. The SMILES string of the molecule is CNC(=O)[C@]12C[C@H]1[C@@](C)(c1cc(/C=C(\F)c3cnc(Br)cn3)ccc1F)N=C(OC(=O)NCOCC[Si](C)(C)C)S2. The average Bonchev–Trinajstić information content (AvgIpc) is 3.65. The number of halogens is 3. The van der Waals surface area contributed by atoms with Crippen molar-refractivity contribution in [3.8, 4) is 0 Å². The van der Waals surface area contributed by atoms with Gasteiger partial charge in [0.25, 0.3) is 5.23 Å². The van der Waals surface area contributed by atoms with Gasteiger partial charge in [-0.1, -0.05) is 25.7 Å². The molecule has 1 aromatic carbocycles. The predicted molar refractivity (Wildman–Crippen MR) is 161 cm³/mol. The van der Waals surface area contributed by atoms with Gasteiger partial charge >= 0.3 is 6.09 Å². The van der Waals surface area contributed by atoms with E-state index >= 15 is 4.39 Å². The molecule has 2 aromatic rings. The maximum Gasteiger partial charge on any atom is 0.416 e. The second-order valence-corrected chi connectivity index (χ2v) is 19.0. The predicted octanol–water partition coefficient (Wildman–Crippen LogP) is 5.71. The summed E-state index contributed by atoms with van der Waals surface area (Å²) < 4.78 is 40.7. The van der Waals surface area contributed by atoms with E-state index in [1.54, 1.807) is 6.92 Å². The van der Waals surface area contributed by atoms with Gasteiger partial charge in [-0.3, -0.25) is 10.1 Å². The van der Waals surface area contributed by atoms with Crippen LogP contribution in [0.15, 0.2) is 40.2 Å². The smallest absolute Gasteiger partial charge is 0.385 e. The van der Waals surface area contributed by atoms with E-state index in [-0.39, 0.29) is 29.1 Å². The van der Waals surface area contributed by atoms with Crippen LogP contribution in [0, 0.1) is 11.7 Å². The van der Waals surface area contributed by atoms with Crippen LogP contribution in [0.1, 0.15) is 30.2 Å². The third-order valence-electron chi connectivity index (χ3n) is 6.98. The minimum absolute atomic E-state index is 0.0179. The Morgan fingerprint density at radius 2 is 2.02 bits per heavy atom. The van der Waals surface area contributed by atoms with Crippen molar-refractivity contribution < 1.29 is 27.8 Å². The molecule has 2 amide bonds. The van der Waals surface area contributed by atoms with Crippen molar-refractivity contribution in [1.82, 2.24) is 20.6 Å². The lowest BCUT2D eigenvalue weighted by molar-refractivity contribution is -0.121. The Bertz CT molecular complexity index is 1390. The molecule has 220 valence electrons. The number of thioether (sulfide) groups is 1. The fourth-order valence-electron chi connectivity index (χ4n) is 4.61. The van der Waals surface area contributed by atoms with Crippen LogP contribution in [-0.4, -0.2) is 60.4 Å². The molecule has 3 atom stereocenters. The second kappa shape index (κ2) is 12.3. The van der Waals surface area contributed by atoms with Crippen LogP contribution >= 0.6 is 27.7 Å². The Balaban J connectivity index is 1.59. The Hall–Kier alpha value is -2.68. The van der Waals surface area contributed by atoms with Crippen molar-refractivity contribution in [2.45, 2.75) is 49.3 Å². The molecule has 1 aromatic heterocycles. The maximum absolute atomic E-state index is 15.4. The Kier molecular flexibility index (Phi) is 9.36. The number of nitrogens with zero attached hydrogens (tertiary/aromatic N) is 3. The van der Waals surface area contributed by atoms with Gasteiger partial charge < -0.3 is 14.8 Å². The van der Waals surface area contributed by atoms with Gasteiger partial charge in [0.15, 0.2) is 5.83 Å². The van der Waals surface area contributed by atoms with Crippen molar-refractivity contribution in [3.05, 3.63) is 57.8 Å². The van der Waals surface area contributed by atoms with Crippen LogP contribution < -0.4 is 10.6 Å². The van der Waals surface area contributed by atoms with Crippen molar-refractivity contribution >= 4 is 64.9 Å². The fourth-order valence-corrected chi connectivity index (χ4v) is 7.05. The largest absolute Gasteiger partial charge is 0.416 e. The number of alkyl carbamates (subject to hydrolysis) is 1. The first-order chi connectivity index (χ1) is 19.3. The normalized spacial score (nSPS) is 23.8. The van der Waals surface area contributed by atoms with Gasteiger partial charge in [0.1, 0.15) is 27.6 Å². The van der Waals surface area contributed by atoms with E-state index < -0.39 is 42.0 Å². The summed E-state index contributed by atoms with van der Waals surface area (Å²) in [5.74, 6) is -1.91. The van der Waals surface area contributed by atoms with Gasteiger partial charge in [0.2, 0.25) is 5.91 Å². The van der Waals surface area contributed by atoms with Gasteiger partial charge in [-0.05, 0) is 70.9 Å². The molecular formula is C27H32BrF2N5O4SSi. The number of ether oxygens (including phenoxy) is 2. The van der Waals surface area contributed by atoms with Gasteiger partial charge in [-0.25, -0.2) is 28.5 Å². The monoisotopic (exact) mass is 667 g/mol. The van der Waals surface area contributed by atoms with Gasteiger partial charge in [-0.15, -0.1) is 0 Å². The summed E-state index contributed by atoms with van der Waals surface area (Å²) in [5.41, 5.74) is -0.749. The lowest BCUT2D eigenvalue weighted by atomic mass is 9.84. The van der Waals surface area contributed by atoms with Crippen LogP contribution in [-0.2, 0) is 19.8 Å². The first-order valence-corrected chi connectivity index (χ1v) is 18.3. The van der Waals surface area contributed by atoms with Crippen LogP contribution in [0.4, 0.5) is 13.6 Å². The summed E-state index contributed by atoms with van der Waals surface area (Å²) in [6, 6.07) is 5.08. The summed E-state index contributed by atoms with van der Waals surface area (Å²) in [6.45, 7) is 8.84. The van der Waals surface area contributed by atoms with Crippen LogP contribution in [0.25, 0.3) is 11.9 Å². The van der Waals surface area contributed by atoms with Gasteiger partial charge in [-0.2, -0.15) is 0 Å². The van der Waals surface area contributed by atoms with Crippen molar-refractivity contribution in [3.63, 3.8) is 0 Å². The molecule has 1 fully saturated rings. The Labute approximate surface area is 251 Å². The second-order valence-electron chi connectivity index (χ2n) is 11.2. The van der Waals surface area contributed by atoms with E-state index in [4.69, 9.17) is 9.47 Å². The highest BCUT2D eigenvalue weighted by atomic mass is 79.9. The number of rotatable bonds is 9. The molecule has 0 radical (unpaired) electrons. The van der Waals surface area contributed by atoms with Crippen molar-refractivity contribution in [2.75, 3.05) is 20.4 Å². The number of hydrogen-bond acceptors (Lipinski definition) is 8. The van der Waals surface area contributed by atoms with Crippen LogP contribution in [0.2, 0.25) is 25.7 Å². The van der Waals surface area contributed by atoms with Crippen LogP contribution in [0.5, 0.6) is 0 Å². The molecular weight excluding hydrogens is 636 g/mol. The van der Waals surface area contributed by atoms with E-state index in [0.717, 1.165) is 17.8 Å². The number of carbonyl (C=O) groups excluding carboxylic acids is 2. The van der Waals surface area contributed by atoms with E-state index in [0.29, 0.717) is 23.2 Å². The lowest BCUT2D eigenvalue weighted by Gasteiger charge is -2.34. The quantitative estimate of drug-likeness (QED) is 0.200. The molecule has 2 heterocycles. The number of fused-ring (bicyclic) bond motifs is 1. The number of nitrogens with one attached hydrogen (secondary N) is 2. The molecule has 1 aliphatic carbocycles. The fraction of sp³-hybridized carbons (Fsp3) is 0.444. The highest BCUT2D eigenvalue weighted by Gasteiger charge is 2.71. The van der Waals surface area contributed by atoms with E-state index in [1.165, 1.54) is 43.7 Å². The highest BCUT2D eigenvalue weighted by Crippen LogP contribution is 2.66. The van der Waals surface area contributed by atoms with Crippen molar-refractivity contribution in [2.24, 2.45) is 10.9 Å². The molecule has 14 heteroatoms. The van der Waals surface area contributed by atoms with Crippen LogP contribution in [0.3, 0.4) is 0 Å². The summed E-state index contributed by atoms with van der Waals surface area (Å²) in [7, 11) is 0.242. The highest BCUT2D eigenvalue weighted by molar-refractivity contribution is 9.10. The lowest BCUT2D eigenvalue weighted by Crippen LogP contribution is -2.43. The zero-order valence-corrected chi connectivity index (χ0v) is 26.8. The maximum atomic E-state index is 15.4. The standard InChI is InChI=1S/C27H32BrF2N5O4SSi/c1-26(17-10-16(6-7-18(17)29)11-19(30)20-13-33-22(28)14-32-20)21-12-27(21,23(36)31-2)40-25(35-26)39-24(37)34-15-38-8-9-41(3,4)5/h6-7,10-11,13-14,21H,8-9,12,15H2,1-5H3,(H,31,36)(H,34,37)/b19-11-/t21-,26+,27-/m0/s1. The summed E-state index contributed by atoms with van der Waals surface area (Å²) in [6.07, 6.45) is 3.45. The average molecular weight is 669 g/mol. The third-order valence-corrected chi connectivity index (χ3v) is 10.4. The number of benzene rings is 1. The van der Waals surface area contributed by atoms with E-state index in [1.807, 2.05) is 0 Å². The molecule has 2 N–H and O–H groups in total. The number of aromatic nitrogens is 2. The molecule has 4 rings (SSSR count). The number of hydrogen-bond donors (Lipinski definition) is 2. The molecule has 1 aliphatic heterocycles. The summed E-state index contributed by atoms with van der Waals surface area (Å²) in [5, 5.41) is 5.12. The van der Waals surface area contributed by atoms with E-state index in [2.05, 4.69) is 61.2 Å². The zero-order valence-electron chi connectivity index (χ0n) is 23.4. The molecule has 9 nitrogen and oxygen atoms in total. The summed E-state index contributed by atoms with van der Waals surface area (Å²) >= 11 is 4.20. The zero-order chi connectivity index (χ0) is 30.0. The molecule has 0 unspecified atom stereocenters. The number of carbonyl (C=O) groups is 2. The molecule has 0 bridgehead atoms. The molecule has 1 saturated carbocycles. The number of amides is 2. The first kappa shape index (κ1) is 31.3. The topological polar surface area (TPSA) is 115 Å². The minimum Gasteiger partial charge on any atom is -0.385 e. The van der Waals surface area contributed by atoms with Crippen molar-refractivity contribution in [1.29, 1.82) is 0 Å². The molecule has 0 spiro atoms. The molecule has 0 saturated heterocycles. The summed E-state index contributed by atoms with van der Waals surface area (Å²) in [4.78, 5) is 38.1. The van der Waals surface area contributed by atoms with Gasteiger partial charge in [0.05, 0.1) is 17.9 Å².